The zero-order chi connectivity index (χ0) is 13.0. The van der Waals surface area contributed by atoms with E-state index in [1.807, 2.05) is 12.1 Å². The molecule has 1 aromatic rings. The normalized spacial score (nSPS) is 19.7. The van der Waals surface area contributed by atoms with Gasteiger partial charge in [0.2, 0.25) is 0 Å². The topological polar surface area (TPSA) is 24.5 Å². The van der Waals surface area contributed by atoms with Gasteiger partial charge in [0.05, 0.1) is 7.11 Å². The Kier molecular flexibility index (Phi) is 4.25. The molecule has 2 rings (SSSR count). The molecular formula is C15H24N2O. The largest absolute Gasteiger partial charge is 0.497 e. The number of nitrogens with zero attached hydrogens (tertiary/aromatic N) is 1. The number of rotatable bonds is 4. The summed E-state index contributed by atoms with van der Waals surface area (Å²) in [6, 6.07) is 8.39. The lowest BCUT2D eigenvalue weighted by molar-refractivity contribution is 0.146. The number of hydrogen-bond acceptors (Lipinski definition) is 3. The van der Waals surface area contributed by atoms with E-state index >= 15 is 0 Å². The molecule has 3 nitrogen and oxygen atoms in total. The van der Waals surface area contributed by atoms with Gasteiger partial charge in [0.15, 0.2) is 0 Å². The summed E-state index contributed by atoms with van der Waals surface area (Å²) in [4.78, 5) is 2.53. The van der Waals surface area contributed by atoms with E-state index in [1.54, 1.807) is 7.11 Å². The van der Waals surface area contributed by atoms with Crippen LogP contribution in [0.15, 0.2) is 24.3 Å². The van der Waals surface area contributed by atoms with Crippen molar-refractivity contribution < 1.29 is 4.74 Å². The Morgan fingerprint density at radius 3 is 2.33 bits per heavy atom. The van der Waals surface area contributed by atoms with E-state index in [-0.39, 0.29) is 0 Å². The molecule has 1 fully saturated rings. The van der Waals surface area contributed by atoms with Crippen LogP contribution in [0, 0.1) is 0 Å². The second kappa shape index (κ2) is 5.72. The van der Waals surface area contributed by atoms with Crippen LogP contribution >= 0.6 is 0 Å². The van der Waals surface area contributed by atoms with Gasteiger partial charge in [-0.2, -0.15) is 0 Å². The summed E-state index contributed by atoms with van der Waals surface area (Å²) in [6.07, 6.45) is 2.44. The molecule has 0 bridgehead atoms. The molecule has 0 aliphatic carbocycles. The van der Waals surface area contributed by atoms with E-state index in [1.165, 1.54) is 31.5 Å². The van der Waals surface area contributed by atoms with Gasteiger partial charge >= 0.3 is 0 Å². The molecule has 0 saturated carbocycles. The summed E-state index contributed by atoms with van der Waals surface area (Å²) in [7, 11) is 3.78. The molecule has 0 atom stereocenters. The van der Waals surface area contributed by atoms with Crippen LogP contribution < -0.4 is 10.1 Å². The molecule has 1 aromatic carbocycles. The number of ether oxygens (including phenoxy) is 1. The average Bonchev–Trinajstić information content (AvgIpc) is 2.42. The average molecular weight is 248 g/mol. The molecule has 0 amide bonds. The van der Waals surface area contributed by atoms with Crippen molar-refractivity contribution in [2.24, 2.45) is 0 Å². The van der Waals surface area contributed by atoms with Crippen molar-refractivity contribution in [1.29, 1.82) is 0 Å². The molecular weight excluding hydrogens is 224 g/mol. The number of hydrogen-bond donors (Lipinski definition) is 1. The van der Waals surface area contributed by atoms with Crippen LogP contribution in [0.5, 0.6) is 5.75 Å². The van der Waals surface area contributed by atoms with Crippen LogP contribution in [-0.4, -0.2) is 37.7 Å². The molecule has 0 unspecified atom stereocenters. The molecule has 0 spiro atoms. The van der Waals surface area contributed by atoms with Crippen LogP contribution in [-0.2, 0) is 6.54 Å². The third kappa shape index (κ3) is 3.24. The molecule has 18 heavy (non-hydrogen) atoms. The second-order valence-corrected chi connectivity index (χ2v) is 5.43. The van der Waals surface area contributed by atoms with Crippen molar-refractivity contribution in [2.75, 3.05) is 27.2 Å². The zero-order valence-electron chi connectivity index (χ0n) is 11.7. The van der Waals surface area contributed by atoms with Gasteiger partial charge < -0.3 is 10.1 Å². The fraction of sp³-hybridized carbons (Fsp3) is 0.600. The number of piperidine rings is 1. The van der Waals surface area contributed by atoms with E-state index in [0.29, 0.717) is 5.54 Å². The van der Waals surface area contributed by atoms with Gasteiger partial charge in [-0.05, 0) is 44.5 Å². The number of benzene rings is 1. The zero-order valence-corrected chi connectivity index (χ0v) is 11.7. The Labute approximate surface area is 110 Å². The lowest BCUT2D eigenvalue weighted by Crippen LogP contribution is -2.49. The highest BCUT2D eigenvalue weighted by atomic mass is 16.5. The summed E-state index contributed by atoms with van der Waals surface area (Å²) in [5.74, 6) is 0.931. The van der Waals surface area contributed by atoms with Gasteiger partial charge in [-0.1, -0.05) is 12.1 Å². The van der Waals surface area contributed by atoms with Crippen molar-refractivity contribution in [1.82, 2.24) is 10.2 Å². The van der Waals surface area contributed by atoms with Gasteiger partial charge in [-0.25, -0.2) is 0 Å². The third-order valence-electron chi connectivity index (χ3n) is 4.13. The lowest BCUT2D eigenvalue weighted by Gasteiger charge is -2.39. The third-order valence-corrected chi connectivity index (χ3v) is 4.13. The summed E-state index contributed by atoms with van der Waals surface area (Å²) in [6.45, 7) is 5.70. The van der Waals surface area contributed by atoms with E-state index in [0.717, 1.165) is 12.3 Å². The first-order valence-electron chi connectivity index (χ1n) is 6.69. The molecule has 1 saturated heterocycles. The van der Waals surface area contributed by atoms with Gasteiger partial charge in [-0.3, -0.25) is 4.90 Å². The van der Waals surface area contributed by atoms with Crippen LogP contribution in [0.1, 0.15) is 25.3 Å². The minimum absolute atomic E-state index is 0.330. The molecule has 3 heteroatoms. The maximum absolute atomic E-state index is 5.18. The van der Waals surface area contributed by atoms with Crippen LogP contribution in [0.2, 0.25) is 0 Å². The van der Waals surface area contributed by atoms with E-state index in [2.05, 4.69) is 36.3 Å². The molecule has 0 radical (unpaired) electrons. The number of nitrogens with one attached hydrogen (secondary N) is 1. The van der Waals surface area contributed by atoms with E-state index in [9.17, 15) is 0 Å². The molecule has 100 valence electrons. The minimum Gasteiger partial charge on any atom is -0.497 e. The fourth-order valence-electron chi connectivity index (χ4n) is 2.44. The maximum atomic E-state index is 5.18. The second-order valence-electron chi connectivity index (χ2n) is 5.43. The molecule has 1 heterocycles. The minimum atomic E-state index is 0.330. The summed E-state index contributed by atoms with van der Waals surface area (Å²) < 4.78 is 5.18. The predicted octanol–water partition coefficient (Wildman–Crippen LogP) is 2.27. The van der Waals surface area contributed by atoms with Gasteiger partial charge in [0.25, 0.3) is 0 Å². The highest BCUT2D eigenvalue weighted by molar-refractivity contribution is 5.27. The van der Waals surface area contributed by atoms with Crippen LogP contribution in [0.4, 0.5) is 0 Å². The first kappa shape index (κ1) is 13.4. The Morgan fingerprint density at radius 1 is 1.22 bits per heavy atom. The molecule has 1 aliphatic heterocycles. The predicted molar refractivity (Wildman–Crippen MR) is 75.0 cm³/mol. The Hall–Kier alpha value is -1.06. The van der Waals surface area contributed by atoms with Gasteiger partial charge in [0.1, 0.15) is 5.75 Å². The van der Waals surface area contributed by atoms with Crippen molar-refractivity contribution >= 4 is 0 Å². The van der Waals surface area contributed by atoms with Crippen molar-refractivity contribution in [2.45, 2.75) is 31.8 Å². The summed E-state index contributed by atoms with van der Waals surface area (Å²) >= 11 is 0. The van der Waals surface area contributed by atoms with E-state index in [4.69, 9.17) is 4.74 Å². The Bertz CT molecular complexity index is 367. The van der Waals surface area contributed by atoms with Gasteiger partial charge in [-0.15, -0.1) is 0 Å². The van der Waals surface area contributed by atoms with Crippen molar-refractivity contribution in [3.05, 3.63) is 29.8 Å². The Balaban J connectivity index is 1.87. The van der Waals surface area contributed by atoms with Crippen molar-refractivity contribution in [3.8, 4) is 5.75 Å². The summed E-state index contributed by atoms with van der Waals surface area (Å²) in [5.41, 5.74) is 1.69. The quantitative estimate of drug-likeness (QED) is 0.884. The standard InChI is InChI=1S/C15H24N2O/c1-15(16-2)8-10-17(11-9-15)12-13-4-6-14(18-3)7-5-13/h4-7,16H,8-12H2,1-3H3. The number of likely N-dealkylation sites (tertiary alicyclic amines) is 1. The highest BCUT2D eigenvalue weighted by Crippen LogP contribution is 2.22. The summed E-state index contributed by atoms with van der Waals surface area (Å²) in [5, 5.41) is 3.44. The van der Waals surface area contributed by atoms with Crippen molar-refractivity contribution in [3.63, 3.8) is 0 Å². The SMILES string of the molecule is CNC1(C)CCN(Cc2ccc(OC)cc2)CC1. The maximum Gasteiger partial charge on any atom is 0.118 e. The fourth-order valence-corrected chi connectivity index (χ4v) is 2.44. The first-order chi connectivity index (χ1) is 8.65. The number of methoxy groups -OCH3 is 1. The van der Waals surface area contributed by atoms with Gasteiger partial charge in [0, 0.05) is 25.2 Å². The molecule has 0 aromatic heterocycles. The molecule has 1 N–H and O–H groups in total. The molecule has 1 aliphatic rings. The monoisotopic (exact) mass is 248 g/mol. The lowest BCUT2D eigenvalue weighted by atomic mass is 9.90. The Morgan fingerprint density at radius 2 is 1.83 bits per heavy atom. The van der Waals surface area contributed by atoms with Crippen LogP contribution in [0.25, 0.3) is 0 Å². The first-order valence-corrected chi connectivity index (χ1v) is 6.69. The highest BCUT2D eigenvalue weighted by Gasteiger charge is 2.27. The smallest absolute Gasteiger partial charge is 0.118 e. The van der Waals surface area contributed by atoms with Crippen LogP contribution in [0.3, 0.4) is 0 Å². The van der Waals surface area contributed by atoms with E-state index < -0.39 is 0 Å².